The van der Waals surface area contributed by atoms with Gasteiger partial charge in [0.1, 0.15) is 0 Å². The number of nitrogens with one attached hydrogen (secondary N) is 1. The van der Waals surface area contributed by atoms with Crippen molar-refractivity contribution < 1.29 is 9.59 Å². The van der Waals surface area contributed by atoms with Gasteiger partial charge in [0.05, 0.1) is 11.6 Å². The molecule has 0 saturated heterocycles. The van der Waals surface area contributed by atoms with E-state index >= 15 is 0 Å². The quantitative estimate of drug-likeness (QED) is 0.895. The maximum Gasteiger partial charge on any atom is 0.270 e. The van der Waals surface area contributed by atoms with E-state index in [1.165, 1.54) is 6.08 Å². The Hall–Kier alpha value is -2.17. The molecule has 2 aliphatic rings. The summed E-state index contributed by atoms with van der Waals surface area (Å²) >= 11 is 12.0. The van der Waals surface area contributed by atoms with Crippen LogP contribution in [0, 0.1) is 5.92 Å². The van der Waals surface area contributed by atoms with Crippen molar-refractivity contribution >= 4 is 40.7 Å². The van der Waals surface area contributed by atoms with Crippen molar-refractivity contribution in [3.8, 4) is 0 Å². The summed E-state index contributed by atoms with van der Waals surface area (Å²) in [6, 6.07) is 5.26. The van der Waals surface area contributed by atoms with Gasteiger partial charge in [-0.05, 0) is 30.2 Å². The predicted octanol–water partition coefficient (Wildman–Crippen LogP) is 3.30. The van der Waals surface area contributed by atoms with Crippen LogP contribution >= 0.6 is 23.2 Å². The second-order valence-electron chi connectivity index (χ2n) is 5.44. The first-order valence-electron chi connectivity index (χ1n) is 7.46. The van der Waals surface area contributed by atoms with Crippen molar-refractivity contribution in [1.82, 2.24) is 5.32 Å². The highest BCUT2D eigenvalue weighted by Crippen LogP contribution is 2.24. The van der Waals surface area contributed by atoms with Gasteiger partial charge in [-0.3, -0.25) is 9.59 Å². The fourth-order valence-corrected chi connectivity index (χ4v) is 3.13. The van der Waals surface area contributed by atoms with Gasteiger partial charge in [0.2, 0.25) is 5.91 Å². The third-order valence-corrected chi connectivity index (χ3v) is 4.40. The van der Waals surface area contributed by atoms with E-state index in [1.54, 1.807) is 24.3 Å². The van der Waals surface area contributed by atoms with Crippen molar-refractivity contribution in [3.63, 3.8) is 0 Å². The van der Waals surface area contributed by atoms with Crippen LogP contribution in [0.15, 0.2) is 59.1 Å². The van der Waals surface area contributed by atoms with Gasteiger partial charge >= 0.3 is 0 Å². The number of amides is 2. The van der Waals surface area contributed by atoms with E-state index in [1.807, 2.05) is 18.2 Å². The molecule has 1 unspecified atom stereocenters. The standard InChI is InChI=1S/C18H14Cl2N2O2/c19-12-6-5-11(15(20)9-12)7-8-21-18(24)14-10-17(23)22-16-4-2-1-3-13(14)16/h1-6,9-10,13H,7-8H2,(H,21,24). The summed E-state index contributed by atoms with van der Waals surface area (Å²) in [6.45, 7) is 0.407. The molecule has 24 heavy (non-hydrogen) atoms. The molecule has 1 N–H and O–H groups in total. The molecule has 2 amide bonds. The van der Waals surface area contributed by atoms with Gasteiger partial charge in [-0.2, -0.15) is 0 Å². The van der Waals surface area contributed by atoms with Crippen molar-refractivity contribution in [1.29, 1.82) is 0 Å². The molecular formula is C18H14Cl2N2O2. The zero-order valence-corrected chi connectivity index (χ0v) is 14.1. The van der Waals surface area contributed by atoms with Crippen molar-refractivity contribution in [3.05, 3.63) is 69.8 Å². The SMILES string of the molecule is O=C1C=C(C(=O)NCCc2ccc(Cl)cc2Cl)C2C=CC=CC2=N1. The van der Waals surface area contributed by atoms with Crippen LogP contribution in [0.5, 0.6) is 0 Å². The number of rotatable bonds is 4. The number of fused-ring (bicyclic) bond motifs is 1. The third-order valence-electron chi connectivity index (χ3n) is 3.81. The Morgan fingerprint density at radius 3 is 2.88 bits per heavy atom. The van der Waals surface area contributed by atoms with Crippen molar-refractivity contribution in [2.45, 2.75) is 6.42 Å². The zero-order valence-electron chi connectivity index (χ0n) is 12.6. The van der Waals surface area contributed by atoms with Crippen LogP contribution in [0.1, 0.15) is 5.56 Å². The van der Waals surface area contributed by atoms with Crippen LogP contribution in [0.4, 0.5) is 0 Å². The third kappa shape index (κ3) is 3.66. The number of carbonyl (C=O) groups excluding carboxylic acids is 2. The smallest absolute Gasteiger partial charge is 0.270 e. The molecule has 0 radical (unpaired) electrons. The number of carbonyl (C=O) groups is 2. The Bertz CT molecular complexity index is 822. The molecule has 6 heteroatoms. The molecule has 0 fully saturated rings. The Morgan fingerprint density at radius 2 is 2.08 bits per heavy atom. The number of allylic oxidation sites excluding steroid dienone is 4. The van der Waals surface area contributed by atoms with Gasteiger partial charge in [0.25, 0.3) is 5.91 Å². The summed E-state index contributed by atoms with van der Waals surface area (Å²) in [5.74, 6) is -0.954. The minimum absolute atomic E-state index is 0.271. The lowest BCUT2D eigenvalue weighted by Gasteiger charge is -2.21. The molecule has 1 heterocycles. The lowest BCUT2D eigenvalue weighted by molar-refractivity contribution is -0.119. The highest BCUT2D eigenvalue weighted by Gasteiger charge is 2.28. The summed E-state index contributed by atoms with van der Waals surface area (Å²) in [5.41, 5.74) is 1.90. The van der Waals surface area contributed by atoms with E-state index in [9.17, 15) is 9.59 Å². The molecule has 1 aromatic rings. The second-order valence-corrected chi connectivity index (χ2v) is 6.28. The minimum Gasteiger partial charge on any atom is -0.352 e. The molecule has 0 aromatic heterocycles. The highest BCUT2D eigenvalue weighted by molar-refractivity contribution is 6.35. The lowest BCUT2D eigenvalue weighted by Crippen LogP contribution is -2.34. The molecular weight excluding hydrogens is 347 g/mol. The van der Waals surface area contributed by atoms with E-state index in [2.05, 4.69) is 10.3 Å². The number of hydrogen-bond acceptors (Lipinski definition) is 2. The largest absolute Gasteiger partial charge is 0.352 e. The molecule has 1 aliphatic heterocycles. The van der Waals surface area contributed by atoms with Crippen LogP contribution in [-0.2, 0) is 16.0 Å². The fourth-order valence-electron chi connectivity index (χ4n) is 2.63. The first-order valence-corrected chi connectivity index (χ1v) is 8.21. The Morgan fingerprint density at radius 1 is 1.25 bits per heavy atom. The molecule has 0 bridgehead atoms. The van der Waals surface area contributed by atoms with E-state index in [0.29, 0.717) is 34.3 Å². The summed E-state index contributed by atoms with van der Waals surface area (Å²) in [7, 11) is 0. The highest BCUT2D eigenvalue weighted by atomic mass is 35.5. The van der Waals surface area contributed by atoms with Gasteiger partial charge in [0, 0.05) is 28.2 Å². The van der Waals surface area contributed by atoms with Gasteiger partial charge in [-0.25, -0.2) is 4.99 Å². The number of aliphatic imine (C=N–C) groups is 1. The molecule has 4 nitrogen and oxygen atoms in total. The summed E-state index contributed by atoms with van der Waals surface area (Å²) < 4.78 is 0. The van der Waals surface area contributed by atoms with Crippen molar-refractivity contribution in [2.24, 2.45) is 10.9 Å². The normalized spacial score (nSPS) is 18.8. The van der Waals surface area contributed by atoms with Crippen LogP contribution in [-0.4, -0.2) is 24.1 Å². The zero-order chi connectivity index (χ0) is 17.1. The van der Waals surface area contributed by atoms with E-state index in [0.717, 1.165) is 5.56 Å². The Balaban J connectivity index is 1.64. The lowest BCUT2D eigenvalue weighted by atomic mass is 9.87. The molecule has 1 atom stereocenters. The van der Waals surface area contributed by atoms with Crippen LogP contribution in [0.25, 0.3) is 0 Å². The molecule has 122 valence electrons. The van der Waals surface area contributed by atoms with E-state index < -0.39 is 5.91 Å². The van der Waals surface area contributed by atoms with Gasteiger partial charge in [-0.1, -0.05) is 47.5 Å². The number of dihydropyridines is 1. The van der Waals surface area contributed by atoms with Gasteiger partial charge < -0.3 is 5.32 Å². The summed E-state index contributed by atoms with van der Waals surface area (Å²) in [6.07, 6.45) is 9.11. The minimum atomic E-state index is -0.410. The van der Waals surface area contributed by atoms with Gasteiger partial charge in [0.15, 0.2) is 0 Å². The summed E-state index contributed by atoms with van der Waals surface area (Å²) in [4.78, 5) is 28.0. The second kappa shape index (κ2) is 7.16. The number of hydrogen-bond donors (Lipinski definition) is 1. The maximum atomic E-state index is 12.4. The van der Waals surface area contributed by atoms with E-state index in [-0.39, 0.29) is 11.8 Å². The first-order chi connectivity index (χ1) is 11.5. The van der Waals surface area contributed by atoms with Crippen LogP contribution in [0.3, 0.4) is 0 Å². The average Bonchev–Trinajstić information content (AvgIpc) is 2.56. The van der Waals surface area contributed by atoms with Crippen LogP contribution in [0.2, 0.25) is 10.0 Å². The topological polar surface area (TPSA) is 58.5 Å². The van der Waals surface area contributed by atoms with Gasteiger partial charge in [-0.15, -0.1) is 0 Å². The first kappa shape index (κ1) is 16.7. The average molecular weight is 361 g/mol. The molecule has 3 rings (SSSR count). The van der Waals surface area contributed by atoms with E-state index in [4.69, 9.17) is 23.2 Å². The molecule has 1 aromatic carbocycles. The molecule has 1 aliphatic carbocycles. The fraction of sp³-hybridized carbons (Fsp3) is 0.167. The number of halogens is 2. The number of benzene rings is 1. The Kier molecular flexibility index (Phi) is 4.97. The summed E-state index contributed by atoms with van der Waals surface area (Å²) in [5, 5.41) is 3.97. The monoisotopic (exact) mass is 360 g/mol. The maximum absolute atomic E-state index is 12.4. The molecule has 0 spiro atoms. The van der Waals surface area contributed by atoms with Crippen molar-refractivity contribution in [2.75, 3.05) is 6.54 Å². The predicted molar refractivity (Wildman–Crippen MR) is 95.5 cm³/mol. The Labute approximate surface area is 149 Å². The molecule has 0 saturated carbocycles. The number of nitrogens with zero attached hydrogens (tertiary/aromatic N) is 1. The van der Waals surface area contributed by atoms with Crippen LogP contribution < -0.4 is 5.32 Å².